The van der Waals surface area contributed by atoms with Crippen LogP contribution in [0.4, 0.5) is 0 Å². The molecule has 0 amide bonds. The van der Waals surface area contributed by atoms with Crippen molar-refractivity contribution in [2.45, 2.75) is 5.92 Å². The molecule has 0 spiro atoms. The second-order valence-electron chi connectivity index (χ2n) is 6.72. The predicted octanol–water partition coefficient (Wildman–Crippen LogP) is 3.32. The number of aryl methyl sites for hydroxylation is 1. The minimum absolute atomic E-state index is 0.00962. The molecule has 6 nitrogen and oxygen atoms in total. The number of aromatic nitrogens is 1. The number of nitrogens with zero attached hydrogens (tertiary/aromatic N) is 2. The van der Waals surface area contributed by atoms with Gasteiger partial charge in [0.2, 0.25) is 5.88 Å². The minimum Gasteiger partial charge on any atom is -0.490 e. The van der Waals surface area contributed by atoms with Gasteiger partial charge in [-0.15, -0.1) is 0 Å². The van der Waals surface area contributed by atoms with Gasteiger partial charge in [0, 0.05) is 12.4 Å². The molecule has 1 atom stereocenters. The standard InChI is InChI=1S/C23H19N3O3/c1-3-12-28-15-10-8-14(9-11-15)19-17(13-24)22(25)29-21-16-6-4-5-7-18(16)26(2)23(27)20(19)21/h3-11,19H,1,12,25H2,2H3. The first kappa shape index (κ1) is 18.4. The fraction of sp³-hybridized carbons (Fsp3) is 0.130. The Morgan fingerprint density at radius 2 is 2.00 bits per heavy atom. The van der Waals surface area contributed by atoms with Crippen molar-refractivity contribution in [1.82, 2.24) is 4.57 Å². The molecule has 2 heterocycles. The molecule has 1 aromatic heterocycles. The third-order valence-corrected chi connectivity index (χ3v) is 5.05. The lowest BCUT2D eigenvalue weighted by atomic mass is 9.83. The van der Waals surface area contributed by atoms with Gasteiger partial charge < -0.3 is 19.8 Å². The summed E-state index contributed by atoms with van der Waals surface area (Å²) in [5.41, 5.74) is 7.97. The number of pyridine rings is 1. The number of ether oxygens (including phenoxy) is 2. The van der Waals surface area contributed by atoms with Crippen LogP contribution in [0.15, 0.2) is 77.4 Å². The zero-order valence-electron chi connectivity index (χ0n) is 15.9. The summed E-state index contributed by atoms with van der Waals surface area (Å²) in [6.07, 6.45) is 1.66. The molecule has 0 saturated heterocycles. The van der Waals surface area contributed by atoms with E-state index in [1.54, 1.807) is 29.8 Å². The summed E-state index contributed by atoms with van der Waals surface area (Å²) in [6.45, 7) is 4.02. The second kappa shape index (κ2) is 7.21. The van der Waals surface area contributed by atoms with Crippen molar-refractivity contribution in [2.24, 2.45) is 12.8 Å². The number of para-hydroxylation sites is 1. The maximum Gasteiger partial charge on any atom is 0.258 e. The maximum absolute atomic E-state index is 13.3. The first-order valence-corrected chi connectivity index (χ1v) is 9.09. The molecule has 1 aliphatic rings. The Balaban J connectivity index is 1.96. The fourth-order valence-corrected chi connectivity index (χ4v) is 3.67. The van der Waals surface area contributed by atoms with E-state index in [0.29, 0.717) is 23.7 Å². The minimum atomic E-state index is -0.625. The molecule has 0 saturated carbocycles. The van der Waals surface area contributed by atoms with E-state index in [0.717, 1.165) is 16.5 Å². The number of benzene rings is 2. The van der Waals surface area contributed by atoms with Crippen molar-refractivity contribution < 1.29 is 9.47 Å². The molecule has 0 fully saturated rings. The second-order valence-corrected chi connectivity index (χ2v) is 6.72. The van der Waals surface area contributed by atoms with Crippen molar-refractivity contribution in [3.8, 4) is 17.6 Å². The van der Waals surface area contributed by atoms with Crippen molar-refractivity contribution in [3.63, 3.8) is 0 Å². The molecule has 2 aromatic carbocycles. The molecule has 0 aliphatic carbocycles. The lowest BCUT2D eigenvalue weighted by molar-refractivity contribution is 0.363. The highest BCUT2D eigenvalue weighted by Gasteiger charge is 2.35. The Bertz CT molecular complexity index is 1250. The molecule has 0 bridgehead atoms. The number of hydrogen-bond acceptors (Lipinski definition) is 5. The van der Waals surface area contributed by atoms with Crippen LogP contribution in [-0.2, 0) is 7.05 Å². The Morgan fingerprint density at radius 3 is 2.69 bits per heavy atom. The van der Waals surface area contributed by atoms with E-state index < -0.39 is 5.92 Å². The highest BCUT2D eigenvalue weighted by molar-refractivity contribution is 5.88. The van der Waals surface area contributed by atoms with Gasteiger partial charge in [0.1, 0.15) is 29.7 Å². The highest BCUT2D eigenvalue weighted by atomic mass is 16.5. The van der Waals surface area contributed by atoms with Crippen LogP contribution in [0.2, 0.25) is 0 Å². The Kier molecular flexibility index (Phi) is 4.57. The van der Waals surface area contributed by atoms with Crippen LogP contribution in [0, 0.1) is 11.3 Å². The van der Waals surface area contributed by atoms with Crippen LogP contribution in [0.5, 0.6) is 11.5 Å². The molecule has 2 N–H and O–H groups in total. The third-order valence-electron chi connectivity index (χ3n) is 5.05. The van der Waals surface area contributed by atoms with E-state index in [-0.39, 0.29) is 17.0 Å². The molecular weight excluding hydrogens is 366 g/mol. The van der Waals surface area contributed by atoms with Gasteiger partial charge in [0.15, 0.2) is 0 Å². The van der Waals surface area contributed by atoms with Crippen LogP contribution < -0.4 is 20.8 Å². The summed E-state index contributed by atoms with van der Waals surface area (Å²) < 4.78 is 12.9. The van der Waals surface area contributed by atoms with E-state index in [2.05, 4.69) is 12.6 Å². The Labute approximate surface area is 167 Å². The monoisotopic (exact) mass is 385 g/mol. The smallest absolute Gasteiger partial charge is 0.258 e. The van der Waals surface area contributed by atoms with Gasteiger partial charge in [-0.05, 0) is 29.8 Å². The summed E-state index contributed by atoms with van der Waals surface area (Å²) in [5.74, 6) is 0.455. The van der Waals surface area contributed by atoms with E-state index >= 15 is 0 Å². The average molecular weight is 385 g/mol. The summed E-state index contributed by atoms with van der Waals surface area (Å²) in [7, 11) is 1.71. The van der Waals surface area contributed by atoms with Crippen LogP contribution in [-0.4, -0.2) is 11.2 Å². The van der Waals surface area contributed by atoms with Gasteiger partial charge in [0.25, 0.3) is 5.56 Å². The summed E-state index contributed by atoms with van der Waals surface area (Å²) in [4.78, 5) is 13.3. The zero-order valence-corrected chi connectivity index (χ0v) is 15.9. The van der Waals surface area contributed by atoms with Crippen molar-refractivity contribution in [1.29, 1.82) is 5.26 Å². The fourth-order valence-electron chi connectivity index (χ4n) is 3.67. The molecule has 6 heteroatoms. The lowest BCUT2D eigenvalue weighted by Crippen LogP contribution is -2.31. The molecule has 4 rings (SSSR count). The Hall–Kier alpha value is -3.98. The number of nitriles is 1. The number of fused-ring (bicyclic) bond motifs is 3. The molecule has 0 radical (unpaired) electrons. The average Bonchev–Trinajstić information content (AvgIpc) is 2.75. The number of allylic oxidation sites excluding steroid dienone is 1. The van der Waals surface area contributed by atoms with Crippen molar-refractivity contribution in [2.75, 3.05) is 6.61 Å². The van der Waals surface area contributed by atoms with E-state index in [4.69, 9.17) is 15.2 Å². The first-order chi connectivity index (χ1) is 14.1. The van der Waals surface area contributed by atoms with Gasteiger partial charge in [-0.2, -0.15) is 5.26 Å². The highest BCUT2D eigenvalue weighted by Crippen LogP contribution is 2.43. The van der Waals surface area contributed by atoms with E-state index in [1.807, 2.05) is 36.4 Å². The SMILES string of the molecule is C=CCOc1ccc(C2C(C#N)=C(N)Oc3c2c(=O)n(C)c2ccccc32)cc1. The van der Waals surface area contributed by atoms with Crippen LogP contribution in [0.3, 0.4) is 0 Å². The number of rotatable bonds is 4. The topological polar surface area (TPSA) is 90.3 Å². The van der Waals surface area contributed by atoms with Gasteiger partial charge in [-0.25, -0.2) is 0 Å². The number of hydrogen-bond donors (Lipinski definition) is 1. The normalized spacial score (nSPS) is 15.4. The quantitative estimate of drug-likeness (QED) is 0.696. The van der Waals surface area contributed by atoms with Crippen LogP contribution >= 0.6 is 0 Å². The predicted molar refractivity (Wildman–Crippen MR) is 111 cm³/mol. The molecular formula is C23H19N3O3. The van der Waals surface area contributed by atoms with Crippen LogP contribution in [0.25, 0.3) is 10.9 Å². The number of nitrogens with two attached hydrogens (primary N) is 1. The molecule has 3 aromatic rings. The Morgan fingerprint density at radius 1 is 1.28 bits per heavy atom. The van der Waals surface area contributed by atoms with Crippen LogP contribution in [0.1, 0.15) is 17.0 Å². The molecule has 1 unspecified atom stereocenters. The van der Waals surface area contributed by atoms with Gasteiger partial charge >= 0.3 is 0 Å². The molecule has 29 heavy (non-hydrogen) atoms. The largest absolute Gasteiger partial charge is 0.490 e. The summed E-state index contributed by atoms with van der Waals surface area (Å²) >= 11 is 0. The molecule has 1 aliphatic heterocycles. The zero-order chi connectivity index (χ0) is 20.5. The lowest BCUT2D eigenvalue weighted by Gasteiger charge is -2.27. The van der Waals surface area contributed by atoms with Crippen molar-refractivity contribution in [3.05, 3.63) is 94.1 Å². The van der Waals surface area contributed by atoms with Gasteiger partial charge in [0.05, 0.1) is 17.0 Å². The summed E-state index contributed by atoms with van der Waals surface area (Å²) in [5, 5.41) is 10.5. The first-order valence-electron chi connectivity index (χ1n) is 9.09. The van der Waals surface area contributed by atoms with E-state index in [1.165, 1.54) is 0 Å². The summed E-state index contributed by atoms with van der Waals surface area (Å²) in [6, 6.07) is 16.8. The van der Waals surface area contributed by atoms with Crippen molar-refractivity contribution >= 4 is 10.9 Å². The maximum atomic E-state index is 13.3. The van der Waals surface area contributed by atoms with Gasteiger partial charge in [-0.3, -0.25) is 4.79 Å². The molecule has 144 valence electrons. The van der Waals surface area contributed by atoms with Gasteiger partial charge in [-0.1, -0.05) is 36.9 Å². The van der Waals surface area contributed by atoms with E-state index in [9.17, 15) is 10.1 Å². The third kappa shape index (κ3) is 2.93.